The molecule has 0 aliphatic carbocycles. The number of benzene rings is 2. The molecule has 2 aromatic rings. The van der Waals surface area contributed by atoms with Gasteiger partial charge in [-0.1, -0.05) is 42.5 Å². The summed E-state index contributed by atoms with van der Waals surface area (Å²) in [6, 6.07) is 14.4. The smallest absolute Gasteiger partial charge is 0.307 e. The van der Waals surface area contributed by atoms with Crippen LogP contribution in [0.5, 0.6) is 0 Å². The molecule has 0 saturated carbocycles. The zero-order chi connectivity index (χ0) is 21.0. The number of sulfone groups is 1. The molecule has 152 valence electrons. The molecule has 0 fully saturated rings. The number of hydrogen-bond acceptors (Lipinski definition) is 5. The molecule has 1 amide bonds. The van der Waals surface area contributed by atoms with Gasteiger partial charge in [0, 0.05) is 22.6 Å². The predicted molar refractivity (Wildman–Crippen MR) is 111 cm³/mol. The van der Waals surface area contributed by atoms with Gasteiger partial charge in [0.25, 0.3) is 5.91 Å². The van der Waals surface area contributed by atoms with Gasteiger partial charge in [-0.05, 0) is 37.1 Å². The van der Waals surface area contributed by atoms with Crippen molar-refractivity contribution in [2.45, 2.75) is 26.4 Å². The van der Waals surface area contributed by atoms with E-state index in [1.807, 2.05) is 32.0 Å². The average Bonchev–Trinajstić information content (AvgIpc) is 2.97. The first kappa shape index (κ1) is 20.8. The van der Waals surface area contributed by atoms with E-state index in [4.69, 9.17) is 4.74 Å². The minimum atomic E-state index is -3.25. The molecule has 2 aromatic carbocycles. The zero-order valence-corrected chi connectivity index (χ0v) is 17.1. The molecular weight excluding hydrogens is 390 g/mol. The Morgan fingerprint density at radius 1 is 1.10 bits per heavy atom. The van der Waals surface area contributed by atoms with E-state index in [1.54, 1.807) is 30.3 Å². The van der Waals surface area contributed by atoms with E-state index in [1.165, 1.54) is 6.08 Å². The highest BCUT2D eigenvalue weighted by Crippen LogP contribution is 2.24. The van der Waals surface area contributed by atoms with Gasteiger partial charge in [0.15, 0.2) is 9.84 Å². The largest absolute Gasteiger partial charge is 0.447 e. The number of rotatable bonds is 6. The molecule has 0 radical (unpaired) electrons. The summed E-state index contributed by atoms with van der Waals surface area (Å²) in [5.74, 6) is -1.65. The van der Waals surface area contributed by atoms with Crippen LogP contribution in [-0.4, -0.2) is 26.0 Å². The first-order valence-corrected chi connectivity index (χ1v) is 11.0. The van der Waals surface area contributed by atoms with Crippen LogP contribution < -0.4 is 5.32 Å². The minimum absolute atomic E-state index is 0.101. The van der Waals surface area contributed by atoms with Gasteiger partial charge in [-0.25, -0.2) is 8.42 Å². The van der Waals surface area contributed by atoms with Gasteiger partial charge in [0.05, 0.1) is 12.2 Å². The molecule has 6 nitrogen and oxygen atoms in total. The molecule has 1 N–H and O–H groups in total. The van der Waals surface area contributed by atoms with E-state index in [9.17, 15) is 18.0 Å². The Balaban J connectivity index is 1.75. The van der Waals surface area contributed by atoms with Gasteiger partial charge in [-0.15, -0.1) is 0 Å². The molecular formula is C22H23NO5S. The first-order valence-electron chi connectivity index (χ1n) is 9.26. The lowest BCUT2D eigenvalue weighted by atomic mass is 10.1. The van der Waals surface area contributed by atoms with Crippen molar-refractivity contribution in [1.82, 2.24) is 0 Å². The lowest BCUT2D eigenvalue weighted by molar-refractivity contribution is -0.155. The van der Waals surface area contributed by atoms with Gasteiger partial charge in [0.1, 0.15) is 0 Å². The summed E-state index contributed by atoms with van der Waals surface area (Å²) in [6.07, 6.45) is 0.256. The van der Waals surface area contributed by atoms with E-state index in [0.717, 1.165) is 16.5 Å². The van der Waals surface area contributed by atoms with E-state index in [2.05, 4.69) is 5.32 Å². The average molecular weight is 413 g/mol. The van der Waals surface area contributed by atoms with Crippen LogP contribution >= 0.6 is 0 Å². The fraction of sp³-hybridized carbons (Fsp3) is 0.273. The summed E-state index contributed by atoms with van der Waals surface area (Å²) >= 11 is 0. The monoisotopic (exact) mass is 413 g/mol. The van der Waals surface area contributed by atoms with Crippen LogP contribution in [0.15, 0.2) is 60.0 Å². The molecule has 0 spiro atoms. The second-order valence-electron chi connectivity index (χ2n) is 7.27. The second-order valence-corrected chi connectivity index (χ2v) is 9.20. The van der Waals surface area contributed by atoms with Crippen molar-refractivity contribution < 1.29 is 22.7 Å². The van der Waals surface area contributed by atoms with Crippen LogP contribution in [0.2, 0.25) is 0 Å². The van der Waals surface area contributed by atoms with Crippen molar-refractivity contribution in [1.29, 1.82) is 0 Å². The lowest BCUT2D eigenvalue weighted by Crippen LogP contribution is -2.26. The van der Waals surface area contributed by atoms with Crippen molar-refractivity contribution in [2.75, 3.05) is 11.1 Å². The summed E-state index contributed by atoms with van der Waals surface area (Å²) in [6.45, 7) is 3.86. The maximum Gasteiger partial charge on any atom is 0.307 e. The van der Waals surface area contributed by atoms with Crippen LogP contribution in [0.25, 0.3) is 0 Å². The fourth-order valence-electron chi connectivity index (χ4n) is 3.32. The minimum Gasteiger partial charge on any atom is -0.447 e. The van der Waals surface area contributed by atoms with Crippen LogP contribution in [-0.2, 0) is 24.2 Å². The number of carbonyl (C=O) groups excluding carboxylic acids is 2. The molecule has 0 bridgehead atoms. The molecule has 3 rings (SSSR count). The summed E-state index contributed by atoms with van der Waals surface area (Å²) < 4.78 is 28.5. The van der Waals surface area contributed by atoms with Crippen LogP contribution in [0.3, 0.4) is 0 Å². The van der Waals surface area contributed by atoms with Gasteiger partial charge < -0.3 is 10.1 Å². The topological polar surface area (TPSA) is 89.5 Å². The number of aryl methyl sites for hydroxylation is 2. The maximum absolute atomic E-state index is 12.9. The number of amides is 1. The normalized spacial score (nSPS) is 18.2. The highest BCUT2D eigenvalue weighted by Gasteiger charge is 2.29. The molecule has 2 atom stereocenters. The third kappa shape index (κ3) is 5.77. The second kappa shape index (κ2) is 8.61. The lowest BCUT2D eigenvalue weighted by Gasteiger charge is -2.19. The van der Waals surface area contributed by atoms with Gasteiger partial charge >= 0.3 is 5.97 Å². The quantitative estimate of drug-likeness (QED) is 0.733. The number of carbonyl (C=O) groups is 2. The number of esters is 1. The Labute approximate surface area is 170 Å². The molecule has 29 heavy (non-hydrogen) atoms. The Hall–Kier alpha value is -2.93. The van der Waals surface area contributed by atoms with Crippen LogP contribution in [0, 0.1) is 19.8 Å². The fourth-order valence-corrected chi connectivity index (χ4v) is 4.71. The van der Waals surface area contributed by atoms with Crippen molar-refractivity contribution >= 4 is 27.4 Å². The van der Waals surface area contributed by atoms with Gasteiger partial charge in [-0.3, -0.25) is 9.59 Å². The van der Waals surface area contributed by atoms with Gasteiger partial charge in [0.2, 0.25) is 6.10 Å². The van der Waals surface area contributed by atoms with Crippen molar-refractivity contribution in [3.63, 3.8) is 0 Å². The Kier molecular flexibility index (Phi) is 6.17. The number of ether oxygens (including phenoxy) is 1. The van der Waals surface area contributed by atoms with E-state index >= 15 is 0 Å². The number of anilines is 1. The third-order valence-electron chi connectivity index (χ3n) is 4.51. The van der Waals surface area contributed by atoms with E-state index in [0.29, 0.717) is 11.3 Å². The highest BCUT2D eigenvalue weighted by molar-refractivity contribution is 7.94. The van der Waals surface area contributed by atoms with Crippen molar-refractivity contribution in [3.8, 4) is 0 Å². The summed E-state index contributed by atoms with van der Waals surface area (Å²) in [5.41, 5.74) is 3.16. The Morgan fingerprint density at radius 2 is 1.76 bits per heavy atom. The zero-order valence-electron chi connectivity index (χ0n) is 16.3. The Bertz CT molecular complexity index is 1020. The maximum atomic E-state index is 12.9. The van der Waals surface area contributed by atoms with Crippen molar-refractivity contribution in [2.24, 2.45) is 5.92 Å². The summed E-state index contributed by atoms with van der Waals surface area (Å²) in [7, 11) is -3.25. The van der Waals surface area contributed by atoms with Gasteiger partial charge in [-0.2, -0.15) is 0 Å². The van der Waals surface area contributed by atoms with Crippen molar-refractivity contribution in [3.05, 3.63) is 76.7 Å². The highest BCUT2D eigenvalue weighted by atomic mass is 32.2. The van der Waals surface area contributed by atoms with E-state index in [-0.39, 0.29) is 12.2 Å². The standard InChI is InChI=1S/C22H23NO5S/c1-15-10-16(2)12-19(11-15)23-22(25)21(18-6-4-3-5-7-18)28-20(24)13-17-8-9-29(26,27)14-17/h3-12,17,21H,13-14H2,1-2H3,(H,23,25). The molecule has 1 aliphatic heterocycles. The SMILES string of the molecule is Cc1cc(C)cc(NC(=O)C(OC(=O)CC2C=CS(=O)(=O)C2)c2ccccc2)c1. The molecule has 0 saturated heterocycles. The number of allylic oxidation sites excluding steroid dienone is 1. The molecule has 2 unspecified atom stereocenters. The molecule has 7 heteroatoms. The third-order valence-corrected chi connectivity index (χ3v) is 5.98. The van der Waals surface area contributed by atoms with Crippen LogP contribution in [0.1, 0.15) is 29.2 Å². The predicted octanol–water partition coefficient (Wildman–Crippen LogP) is 3.47. The summed E-state index contributed by atoms with van der Waals surface area (Å²) in [4.78, 5) is 25.3. The summed E-state index contributed by atoms with van der Waals surface area (Å²) in [5, 5.41) is 3.93. The first-order chi connectivity index (χ1) is 13.7. The Morgan fingerprint density at radius 3 is 2.34 bits per heavy atom. The molecule has 1 aliphatic rings. The number of nitrogens with one attached hydrogen (secondary N) is 1. The van der Waals surface area contributed by atoms with Crippen LogP contribution in [0.4, 0.5) is 5.69 Å². The number of hydrogen-bond donors (Lipinski definition) is 1. The van der Waals surface area contributed by atoms with E-state index < -0.39 is 33.7 Å². The molecule has 0 aromatic heterocycles. The molecule has 1 heterocycles.